The summed E-state index contributed by atoms with van der Waals surface area (Å²) < 4.78 is 29.3. The minimum absolute atomic E-state index is 0.0108. The minimum Gasteiger partial charge on any atom is -0.504 e. The Balaban J connectivity index is 2.31. The summed E-state index contributed by atoms with van der Waals surface area (Å²) in [5.74, 6) is 0.123. The van der Waals surface area contributed by atoms with Crippen LogP contribution in [0.25, 0.3) is 0 Å². The first-order valence-corrected chi connectivity index (χ1v) is 7.32. The van der Waals surface area contributed by atoms with Gasteiger partial charge < -0.3 is 9.84 Å². The molecule has 0 saturated carbocycles. The van der Waals surface area contributed by atoms with Gasteiger partial charge in [-0.1, -0.05) is 24.3 Å². The lowest BCUT2D eigenvalue weighted by molar-refractivity contribution is 0.373. The molecule has 100 valence electrons. The molecule has 0 aromatic heterocycles. The summed E-state index contributed by atoms with van der Waals surface area (Å²) in [6.45, 7) is 0. The molecule has 0 atom stereocenters. The van der Waals surface area contributed by atoms with E-state index in [9.17, 15) is 13.5 Å². The number of phenolic OH excluding ortho intramolecular Hbond substituents is 1. The van der Waals surface area contributed by atoms with Gasteiger partial charge in [0.1, 0.15) is 0 Å². The number of hydrogen-bond donors (Lipinski definition) is 1. The molecule has 0 bridgehead atoms. The summed E-state index contributed by atoms with van der Waals surface area (Å²) in [6, 6.07) is 12.8. The average Bonchev–Trinajstić information content (AvgIpc) is 2.42. The third-order valence-electron chi connectivity index (χ3n) is 2.70. The third-order valence-corrected chi connectivity index (χ3v) is 4.41. The van der Waals surface area contributed by atoms with Gasteiger partial charge in [-0.15, -0.1) is 0 Å². The van der Waals surface area contributed by atoms with Crippen molar-refractivity contribution in [2.45, 2.75) is 10.6 Å². The van der Waals surface area contributed by atoms with Crippen molar-refractivity contribution in [1.82, 2.24) is 0 Å². The zero-order valence-corrected chi connectivity index (χ0v) is 11.2. The number of rotatable bonds is 4. The zero-order chi connectivity index (χ0) is 13.9. The van der Waals surface area contributed by atoms with Gasteiger partial charge in [-0.2, -0.15) is 0 Å². The standard InChI is InChI=1S/C14H14O4S/c1-18-14-9-11(7-8-13(14)15)10-19(16,17)12-5-3-2-4-6-12/h2-9,15H,10H2,1H3. The van der Waals surface area contributed by atoms with Gasteiger partial charge in [-0.3, -0.25) is 0 Å². The van der Waals surface area contributed by atoms with Gasteiger partial charge in [0.2, 0.25) is 0 Å². The smallest absolute Gasteiger partial charge is 0.182 e. The van der Waals surface area contributed by atoms with Crippen LogP contribution in [0.1, 0.15) is 5.56 Å². The highest BCUT2D eigenvalue weighted by Gasteiger charge is 2.15. The molecular formula is C14H14O4S. The minimum atomic E-state index is -3.39. The topological polar surface area (TPSA) is 63.6 Å². The number of ether oxygens (including phenoxy) is 1. The summed E-state index contributed by atoms with van der Waals surface area (Å²) in [7, 11) is -1.97. The average molecular weight is 278 g/mol. The first kappa shape index (κ1) is 13.4. The Morgan fingerprint density at radius 3 is 2.42 bits per heavy atom. The van der Waals surface area contributed by atoms with Crippen molar-refractivity contribution in [3.05, 3.63) is 54.1 Å². The Kier molecular flexibility index (Phi) is 3.76. The normalized spacial score (nSPS) is 11.2. The molecule has 0 saturated heterocycles. The molecule has 4 nitrogen and oxygen atoms in total. The van der Waals surface area contributed by atoms with Crippen LogP contribution in [0.15, 0.2) is 53.4 Å². The summed E-state index contributed by atoms with van der Waals surface area (Å²) in [6.07, 6.45) is 0. The van der Waals surface area contributed by atoms with Crippen molar-refractivity contribution in [2.24, 2.45) is 0 Å². The van der Waals surface area contributed by atoms with Crippen LogP contribution in [0.5, 0.6) is 11.5 Å². The molecule has 0 aliphatic rings. The first-order chi connectivity index (χ1) is 9.03. The lowest BCUT2D eigenvalue weighted by Gasteiger charge is -2.07. The van der Waals surface area contributed by atoms with E-state index >= 15 is 0 Å². The molecule has 5 heteroatoms. The highest BCUT2D eigenvalue weighted by molar-refractivity contribution is 7.90. The van der Waals surface area contributed by atoms with Crippen molar-refractivity contribution in [2.75, 3.05) is 7.11 Å². The highest BCUT2D eigenvalue weighted by Crippen LogP contribution is 2.28. The van der Waals surface area contributed by atoms with E-state index in [2.05, 4.69) is 0 Å². The van der Waals surface area contributed by atoms with Gasteiger partial charge in [0, 0.05) is 0 Å². The second kappa shape index (κ2) is 5.32. The van der Waals surface area contributed by atoms with Crippen molar-refractivity contribution < 1.29 is 18.3 Å². The molecule has 0 fully saturated rings. The molecule has 2 aromatic carbocycles. The second-order valence-electron chi connectivity index (χ2n) is 4.08. The molecule has 2 rings (SSSR count). The quantitative estimate of drug-likeness (QED) is 0.932. The van der Waals surface area contributed by atoms with Gasteiger partial charge >= 0.3 is 0 Å². The van der Waals surface area contributed by atoms with Crippen LogP contribution in [0, 0.1) is 0 Å². The van der Waals surface area contributed by atoms with Gasteiger partial charge in [-0.25, -0.2) is 8.42 Å². The predicted octanol–water partition coefficient (Wildman–Crippen LogP) is 2.37. The molecule has 0 aliphatic heterocycles. The van der Waals surface area contributed by atoms with Crippen LogP contribution < -0.4 is 4.74 Å². The van der Waals surface area contributed by atoms with Gasteiger partial charge in [0.25, 0.3) is 0 Å². The molecule has 1 N–H and O–H groups in total. The van der Waals surface area contributed by atoms with Gasteiger partial charge in [0.05, 0.1) is 17.8 Å². The van der Waals surface area contributed by atoms with Crippen LogP contribution >= 0.6 is 0 Å². The fourth-order valence-corrected chi connectivity index (χ4v) is 3.10. The Morgan fingerprint density at radius 1 is 1.11 bits per heavy atom. The maximum Gasteiger partial charge on any atom is 0.182 e. The molecule has 0 radical (unpaired) electrons. The van der Waals surface area contributed by atoms with Crippen LogP contribution in [0.3, 0.4) is 0 Å². The molecule has 0 amide bonds. The van der Waals surface area contributed by atoms with Crippen LogP contribution in [-0.2, 0) is 15.6 Å². The Labute approximate surface area is 112 Å². The first-order valence-electron chi connectivity index (χ1n) is 5.66. The lowest BCUT2D eigenvalue weighted by atomic mass is 10.2. The van der Waals surface area contributed by atoms with E-state index in [-0.39, 0.29) is 22.1 Å². The van der Waals surface area contributed by atoms with Crippen LogP contribution in [0.4, 0.5) is 0 Å². The molecular weight excluding hydrogens is 264 g/mol. The maximum absolute atomic E-state index is 12.2. The molecule has 19 heavy (non-hydrogen) atoms. The molecule has 2 aromatic rings. The van der Waals surface area contributed by atoms with Crippen LogP contribution in [0.2, 0.25) is 0 Å². The van der Waals surface area contributed by atoms with E-state index in [1.165, 1.54) is 19.2 Å². The number of benzene rings is 2. The number of aromatic hydroxyl groups is 1. The summed E-state index contributed by atoms with van der Waals surface area (Å²) >= 11 is 0. The monoisotopic (exact) mass is 278 g/mol. The third kappa shape index (κ3) is 3.06. The number of sulfone groups is 1. The number of methoxy groups -OCH3 is 1. The predicted molar refractivity (Wildman–Crippen MR) is 72.0 cm³/mol. The van der Waals surface area contributed by atoms with E-state index in [4.69, 9.17) is 4.74 Å². The van der Waals surface area contributed by atoms with E-state index in [1.807, 2.05) is 0 Å². The van der Waals surface area contributed by atoms with Crippen LogP contribution in [-0.4, -0.2) is 20.6 Å². The van der Waals surface area contributed by atoms with Crippen molar-refractivity contribution in [3.63, 3.8) is 0 Å². The fraction of sp³-hybridized carbons (Fsp3) is 0.143. The van der Waals surface area contributed by atoms with Crippen molar-refractivity contribution >= 4 is 9.84 Å². The van der Waals surface area contributed by atoms with Crippen molar-refractivity contribution in [1.29, 1.82) is 0 Å². The Hall–Kier alpha value is -2.01. The maximum atomic E-state index is 12.2. The van der Waals surface area contributed by atoms with Gasteiger partial charge in [0.15, 0.2) is 21.3 Å². The number of hydrogen-bond acceptors (Lipinski definition) is 4. The summed E-state index contributed by atoms with van der Waals surface area (Å²) in [5, 5.41) is 9.48. The van der Waals surface area contributed by atoms with E-state index in [0.29, 0.717) is 5.56 Å². The molecule has 0 spiro atoms. The highest BCUT2D eigenvalue weighted by atomic mass is 32.2. The van der Waals surface area contributed by atoms with E-state index < -0.39 is 9.84 Å². The molecule has 0 aliphatic carbocycles. The van der Waals surface area contributed by atoms with E-state index in [1.54, 1.807) is 36.4 Å². The van der Waals surface area contributed by atoms with E-state index in [0.717, 1.165) is 0 Å². The summed E-state index contributed by atoms with van der Waals surface area (Å²) in [5.41, 5.74) is 0.568. The van der Waals surface area contributed by atoms with Crippen molar-refractivity contribution in [3.8, 4) is 11.5 Å². The zero-order valence-electron chi connectivity index (χ0n) is 10.4. The molecule has 0 heterocycles. The SMILES string of the molecule is COc1cc(CS(=O)(=O)c2ccccc2)ccc1O. The largest absolute Gasteiger partial charge is 0.504 e. The van der Waals surface area contributed by atoms with Gasteiger partial charge in [-0.05, 0) is 29.8 Å². The fourth-order valence-electron chi connectivity index (χ4n) is 1.74. The Morgan fingerprint density at radius 2 is 1.79 bits per heavy atom. The Bertz CT molecular complexity index is 663. The number of phenols is 1. The summed E-state index contributed by atoms with van der Waals surface area (Å²) in [4.78, 5) is 0.280. The lowest BCUT2D eigenvalue weighted by Crippen LogP contribution is -2.04. The molecule has 0 unspecified atom stereocenters. The second-order valence-corrected chi connectivity index (χ2v) is 6.07.